The van der Waals surface area contributed by atoms with Gasteiger partial charge in [-0.25, -0.2) is 9.97 Å². The van der Waals surface area contributed by atoms with Gasteiger partial charge in [0.2, 0.25) is 17.8 Å². The average molecular weight is 599 g/mol. The van der Waals surface area contributed by atoms with Crippen molar-refractivity contribution in [1.82, 2.24) is 53.6 Å². The molecule has 218 valence electrons. The molecule has 0 fully saturated rings. The van der Waals surface area contributed by atoms with E-state index in [1.165, 1.54) is 0 Å². The van der Waals surface area contributed by atoms with E-state index in [9.17, 15) is 0 Å². The van der Waals surface area contributed by atoms with Crippen LogP contribution < -0.4 is 0 Å². The van der Waals surface area contributed by atoms with Crippen molar-refractivity contribution in [3.63, 3.8) is 0 Å². The van der Waals surface area contributed by atoms with Crippen molar-refractivity contribution >= 4 is 73.4 Å². The highest BCUT2D eigenvalue weighted by Gasteiger charge is 2.24. The van der Waals surface area contributed by atoms with Crippen LogP contribution in [0.3, 0.4) is 0 Å². The summed E-state index contributed by atoms with van der Waals surface area (Å²) in [5.41, 5.74) is 6.05. The lowest BCUT2D eigenvalue weighted by Crippen LogP contribution is -2.14. The summed E-state index contributed by atoms with van der Waals surface area (Å²) in [6.07, 6.45) is 16.3. The SMILES string of the molecule is C=Nc1c(/C=C\C)n(-c2nc(-n3c4cnccc4c4ncccc43)nc(-n3c4ccncc4c4cccnc43)n2)c2ncccc12. The zero-order valence-electron chi connectivity index (χ0n) is 24.4. The van der Waals surface area contributed by atoms with E-state index < -0.39 is 0 Å². The van der Waals surface area contributed by atoms with Gasteiger partial charge in [0, 0.05) is 58.7 Å². The third-order valence-electron chi connectivity index (χ3n) is 8.07. The van der Waals surface area contributed by atoms with Crippen LogP contribution in [0.15, 0.2) is 103 Å². The van der Waals surface area contributed by atoms with Crippen LogP contribution in [-0.2, 0) is 0 Å². The number of fused-ring (bicyclic) bond motifs is 7. The number of aromatic nitrogens is 11. The quantitative estimate of drug-likeness (QED) is 0.210. The highest BCUT2D eigenvalue weighted by atomic mass is 15.3. The van der Waals surface area contributed by atoms with E-state index in [0.717, 1.165) is 49.3 Å². The first-order chi connectivity index (χ1) is 22.8. The van der Waals surface area contributed by atoms with Crippen LogP contribution in [-0.4, -0.2) is 60.3 Å². The van der Waals surface area contributed by atoms with Gasteiger partial charge < -0.3 is 0 Å². The molecule has 9 aromatic rings. The van der Waals surface area contributed by atoms with Gasteiger partial charge in [-0.05, 0) is 68.2 Å². The number of nitrogens with zero attached hydrogens (tertiary/aromatic N) is 12. The molecule has 0 aliphatic rings. The van der Waals surface area contributed by atoms with Crippen molar-refractivity contribution in [3.05, 3.63) is 104 Å². The molecule has 0 saturated heterocycles. The van der Waals surface area contributed by atoms with E-state index in [4.69, 9.17) is 29.9 Å². The number of allylic oxidation sites excluding steroid dienone is 1. The summed E-state index contributed by atoms with van der Waals surface area (Å²) < 4.78 is 5.79. The van der Waals surface area contributed by atoms with Gasteiger partial charge in [-0.2, -0.15) is 15.0 Å². The lowest BCUT2D eigenvalue weighted by Gasteiger charge is -2.13. The minimum Gasteiger partial charge on any atom is -0.275 e. The molecule has 0 saturated carbocycles. The van der Waals surface area contributed by atoms with Crippen LogP contribution in [0.5, 0.6) is 0 Å². The maximum atomic E-state index is 5.13. The summed E-state index contributed by atoms with van der Waals surface area (Å²) in [6.45, 7) is 5.82. The molecule has 12 nitrogen and oxygen atoms in total. The second kappa shape index (κ2) is 9.92. The lowest BCUT2D eigenvalue weighted by atomic mass is 10.2. The van der Waals surface area contributed by atoms with Gasteiger partial charge >= 0.3 is 0 Å². The van der Waals surface area contributed by atoms with Crippen molar-refractivity contribution in [2.45, 2.75) is 6.92 Å². The Morgan fingerprint density at radius 3 is 2.09 bits per heavy atom. The number of pyridine rings is 5. The fraction of sp³-hybridized carbons (Fsp3) is 0.0294. The largest absolute Gasteiger partial charge is 0.275 e. The second-order valence-corrected chi connectivity index (χ2v) is 10.5. The normalized spacial score (nSPS) is 12.0. The molecule has 46 heavy (non-hydrogen) atoms. The van der Waals surface area contributed by atoms with E-state index in [1.807, 2.05) is 87.5 Å². The zero-order chi connectivity index (χ0) is 30.8. The van der Waals surface area contributed by atoms with Crippen molar-refractivity contribution in [2.75, 3.05) is 0 Å². The molecule has 0 aliphatic heterocycles. The maximum Gasteiger partial charge on any atom is 0.242 e. The average Bonchev–Trinajstić information content (AvgIpc) is 3.74. The van der Waals surface area contributed by atoms with Crippen LogP contribution >= 0.6 is 0 Å². The molecule has 0 radical (unpaired) electrons. The molecular weight excluding hydrogens is 576 g/mol. The molecule has 0 aliphatic carbocycles. The highest BCUT2D eigenvalue weighted by Crippen LogP contribution is 2.36. The van der Waals surface area contributed by atoms with Gasteiger partial charge in [0.25, 0.3) is 0 Å². The van der Waals surface area contributed by atoms with Gasteiger partial charge in [0.05, 0.1) is 39.6 Å². The van der Waals surface area contributed by atoms with Crippen LogP contribution in [0.2, 0.25) is 0 Å². The van der Waals surface area contributed by atoms with Gasteiger partial charge in [0.15, 0.2) is 0 Å². The molecule has 12 heteroatoms. The van der Waals surface area contributed by atoms with E-state index in [2.05, 4.69) is 21.7 Å². The Morgan fingerprint density at radius 1 is 0.609 bits per heavy atom. The Balaban J connectivity index is 1.46. The summed E-state index contributed by atoms with van der Waals surface area (Å²) in [5, 5.41) is 3.61. The Labute approximate surface area is 260 Å². The summed E-state index contributed by atoms with van der Waals surface area (Å²) in [7, 11) is 0. The molecule has 0 aromatic carbocycles. The first-order valence-corrected chi connectivity index (χ1v) is 14.5. The predicted octanol–water partition coefficient (Wildman–Crippen LogP) is 6.35. The van der Waals surface area contributed by atoms with Crippen molar-refractivity contribution in [3.8, 4) is 17.8 Å². The standard InChI is InChI=1S/C34H22N12/c1-3-7-25-28(35-2)22-9-5-15-40-31(22)46(25)34-42-32(44-26-10-6-13-38-29(26)21-11-16-37-19-27(21)44)41-33(43-34)45-24-12-17-36-18-23(24)20-8-4-14-39-30(20)45/h3-19H,2H2,1H3/b7-3-. The number of hydrogen-bond donors (Lipinski definition) is 0. The number of rotatable bonds is 5. The van der Waals surface area contributed by atoms with Crippen LogP contribution in [0.1, 0.15) is 12.6 Å². The fourth-order valence-electron chi connectivity index (χ4n) is 6.23. The van der Waals surface area contributed by atoms with E-state index in [-0.39, 0.29) is 0 Å². The van der Waals surface area contributed by atoms with E-state index >= 15 is 0 Å². The molecule has 0 atom stereocenters. The topological polar surface area (TPSA) is 130 Å². The van der Waals surface area contributed by atoms with Crippen molar-refractivity contribution in [2.24, 2.45) is 4.99 Å². The van der Waals surface area contributed by atoms with Gasteiger partial charge in [-0.3, -0.25) is 33.6 Å². The molecule has 0 bridgehead atoms. The predicted molar refractivity (Wildman–Crippen MR) is 178 cm³/mol. The van der Waals surface area contributed by atoms with Crippen molar-refractivity contribution in [1.29, 1.82) is 0 Å². The highest BCUT2D eigenvalue weighted by molar-refractivity contribution is 6.08. The van der Waals surface area contributed by atoms with Crippen LogP contribution in [0, 0.1) is 0 Å². The molecule has 0 unspecified atom stereocenters. The molecule has 9 heterocycles. The molecule has 0 amide bonds. The van der Waals surface area contributed by atoms with Crippen LogP contribution in [0.4, 0.5) is 5.69 Å². The first-order valence-electron chi connectivity index (χ1n) is 14.5. The number of aliphatic imine (C=N–C) groups is 1. The first kappa shape index (κ1) is 25.8. The molecular formula is C34H22N12. The third kappa shape index (κ3) is 3.57. The Kier molecular flexibility index (Phi) is 5.56. The summed E-state index contributed by atoms with van der Waals surface area (Å²) in [5.74, 6) is 1.08. The third-order valence-corrected chi connectivity index (χ3v) is 8.07. The van der Waals surface area contributed by atoms with Crippen LogP contribution in [0.25, 0.3) is 78.8 Å². The number of hydrogen-bond acceptors (Lipinski definition) is 9. The Hall–Kier alpha value is -6.69. The molecule has 9 aromatic heterocycles. The van der Waals surface area contributed by atoms with Gasteiger partial charge in [0.1, 0.15) is 11.3 Å². The summed E-state index contributed by atoms with van der Waals surface area (Å²) in [6, 6.07) is 15.5. The minimum absolute atomic E-state index is 0.342. The van der Waals surface area contributed by atoms with Gasteiger partial charge in [-0.15, -0.1) is 0 Å². The minimum atomic E-state index is 0.342. The summed E-state index contributed by atoms with van der Waals surface area (Å²) >= 11 is 0. The van der Waals surface area contributed by atoms with Crippen molar-refractivity contribution < 1.29 is 0 Å². The lowest BCUT2D eigenvalue weighted by molar-refractivity contribution is 0.830. The molecule has 0 N–H and O–H groups in total. The second-order valence-electron chi connectivity index (χ2n) is 10.5. The monoisotopic (exact) mass is 598 g/mol. The Morgan fingerprint density at radius 2 is 1.28 bits per heavy atom. The molecule has 9 rings (SSSR count). The molecule has 0 spiro atoms. The van der Waals surface area contributed by atoms with E-state index in [1.54, 1.807) is 37.2 Å². The van der Waals surface area contributed by atoms with Gasteiger partial charge in [-0.1, -0.05) is 6.08 Å². The Bertz CT molecular complexity index is 2460. The zero-order valence-corrected chi connectivity index (χ0v) is 24.4. The van der Waals surface area contributed by atoms with E-state index in [0.29, 0.717) is 34.8 Å². The maximum absolute atomic E-state index is 5.13. The smallest absolute Gasteiger partial charge is 0.242 e. The summed E-state index contributed by atoms with van der Waals surface area (Å²) in [4.78, 5) is 42.8. The fourth-order valence-corrected chi connectivity index (χ4v) is 6.23.